The predicted octanol–water partition coefficient (Wildman–Crippen LogP) is 4.84. The number of nitrogens with one attached hydrogen (secondary N) is 1. The summed E-state index contributed by atoms with van der Waals surface area (Å²) < 4.78 is 3.66. The molecule has 35 heavy (non-hydrogen) atoms. The lowest BCUT2D eigenvalue weighted by molar-refractivity contribution is 0.0919. The van der Waals surface area contributed by atoms with Gasteiger partial charge in [0.1, 0.15) is 0 Å². The summed E-state index contributed by atoms with van der Waals surface area (Å²) in [6, 6.07) is 13.5. The van der Waals surface area contributed by atoms with E-state index in [1.165, 1.54) is 0 Å². The van der Waals surface area contributed by atoms with Gasteiger partial charge in [0.15, 0.2) is 0 Å². The first-order valence-electron chi connectivity index (χ1n) is 12.0. The zero-order valence-electron chi connectivity index (χ0n) is 19.9. The van der Waals surface area contributed by atoms with Crippen LogP contribution >= 0.6 is 11.6 Å². The maximum Gasteiger partial charge on any atom is 0.333 e. The third-order valence-electron chi connectivity index (χ3n) is 6.98. The lowest BCUT2D eigenvalue weighted by Gasteiger charge is -2.29. The van der Waals surface area contributed by atoms with Gasteiger partial charge in [0.2, 0.25) is 0 Å². The van der Waals surface area contributed by atoms with Gasteiger partial charge < -0.3 is 5.32 Å². The quantitative estimate of drug-likeness (QED) is 0.435. The van der Waals surface area contributed by atoms with Crippen LogP contribution in [0.15, 0.2) is 59.7 Å². The molecule has 0 unspecified atom stereocenters. The normalized spacial score (nSPS) is 18.0. The van der Waals surface area contributed by atoms with Crippen LogP contribution in [0, 0.1) is 19.8 Å². The van der Waals surface area contributed by atoms with Crippen LogP contribution in [0.5, 0.6) is 0 Å². The van der Waals surface area contributed by atoms with Crippen molar-refractivity contribution in [1.29, 1.82) is 0 Å². The number of hydrogen-bond acceptors (Lipinski definition) is 4. The Morgan fingerprint density at radius 2 is 1.77 bits per heavy atom. The molecule has 7 nitrogen and oxygen atoms in total. The maximum absolute atomic E-state index is 13.6. The fraction of sp³-hybridized carbons (Fsp3) is 0.333. The van der Waals surface area contributed by atoms with Crippen molar-refractivity contribution in [2.24, 2.45) is 5.92 Å². The number of nitrogens with zero attached hydrogens (tertiary/aromatic N) is 4. The molecule has 1 amide bonds. The molecule has 0 atom stereocenters. The summed E-state index contributed by atoms with van der Waals surface area (Å²) >= 11 is 6.03. The topological polar surface area (TPSA) is 81.8 Å². The highest BCUT2D eigenvalue weighted by atomic mass is 35.5. The van der Waals surface area contributed by atoms with E-state index in [4.69, 9.17) is 11.6 Å². The predicted molar refractivity (Wildman–Crippen MR) is 137 cm³/mol. The second-order valence-electron chi connectivity index (χ2n) is 9.30. The maximum atomic E-state index is 13.6. The SMILES string of the molecule is Cc1ncc(Cl)cc1C(=O)N[C@H]1CC[C@H](Cn2c(=O)n(-c3cccnc3C)c3ccccc32)CC1. The number of carbonyl (C=O) groups excluding carboxylic acids is 1. The first kappa shape index (κ1) is 23.3. The first-order chi connectivity index (χ1) is 16.9. The van der Waals surface area contributed by atoms with Crippen molar-refractivity contribution in [3.8, 4) is 5.69 Å². The molecular formula is C27H28ClN5O2. The van der Waals surface area contributed by atoms with Gasteiger partial charge in [-0.3, -0.25) is 23.9 Å². The first-order valence-corrected chi connectivity index (χ1v) is 12.4. The van der Waals surface area contributed by atoms with Crippen LogP contribution in [0.3, 0.4) is 0 Å². The second kappa shape index (κ2) is 9.66. The van der Waals surface area contributed by atoms with Crippen molar-refractivity contribution >= 4 is 28.5 Å². The molecule has 180 valence electrons. The van der Waals surface area contributed by atoms with E-state index in [2.05, 4.69) is 15.3 Å². The number of benzene rings is 1. The molecule has 0 spiro atoms. The Hall–Kier alpha value is -3.45. The molecule has 5 rings (SSSR count). The largest absolute Gasteiger partial charge is 0.349 e. The molecule has 1 aliphatic carbocycles. The Morgan fingerprint density at radius 1 is 1.03 bits per heavy atom. The van der Waals surface area contributed by atoms with E-state index in [-0.39, 0.29) is 17.6 Å². The van der Waals surface area contributed by atoms with Gasteiger partial charge in [0.05, 0.1) is 38.7 Å². The van der Waals surface area contributed by atoms with E-state index in [9.17, 15) is 9.59 Å². The highest BCUT2D eigenvalue weighted by Gasteiger charge is 2.26. The van der Waals surface area contributed by atoms with E-state index < -0.39 is 0 Å². The fourth-order valence-corrected chi connectivity index (χ4v) is 5.24. The van der Waals surface area contributed by atoms with E-state index in [0.29, 0.717) is 28.7 Å². The van der Waals surface area contributed by atoms with Crippen molar-refractivity contribution in [3.63, 3.8) is 0 Å². The van der Waals surface area contributed by atoms with Crippen LogP contribution in [0.25, 0.3) is 16.7 Å². The van der Waals surface area contributed by atoms with Gasteiger partial charge in [0.25, 0.3) is 5.91 Å². The molecule has 0 saturated heterocycles. The number of rotatable bonds is 5. The summed E-state index contributed by atoms with van der Waals surface area (Å²) in [5.41, 5.74) is 4.59. The molecule has 1 saturated carbocycles. The third-order valence-corrected chi connectivity index (χ3v) is 7.18. The van der Waals surface area contributed by atoms with Gasteiger partial charge in [-0.15, -0.1) is 0 Å². The van der Waals surface area contributed by atoms with Gasteiger partial charge in [-0.2, -0.15) is 0 Å². The van der Waals surface area contributed by atoms with Crippen LogP contribution in [0.1, 0.15) is 47.4 Å². The average Bonchev–Trinajstić information content (AvgIpc) is 3.13. The van der Waals surface area contributed by atoms with Crippen molar-refractivity contribution in [2.45, 2.75) is 52.1 Å². The molecule has 0 aliphatic heterocycles. The second-order valence-corrected chi connectivity index (χ2v) is 9.74. The van der Waals surface area contributed by atoms with Crippen molar-refractivity contribution in [2.75, 3.05) is 0 Å². The van der Waals surface area contributed by atoms with E-state index in [1.807, 2.05) is 54.8 Å². The summed E-state index contributed by atoms with van der Waals surface area (Å²) in [4.78, 5) is 34.9. The summed E-state index contributed by atoms with van der Waals surface area (Å²) in [7, 11) is 0. The number of amides is 1. The number of imidazole rings is 1. The van der Waals surface area contributed by atoms with Crippen molar-refractivity contribution in [3.05, 3.63) is 87.3 Å². The van der Waals surface area contributed by atoms with Gasteiger partial charge in [-0.1, -0.05) is 23.7 Å². The third kappa shape index (κ3) is 4.60. The molecule has 1 fully saturated rings. The number of aromatic nitrogens is 4. The monoisotopic (exact) mass is 489 g/mol. The molecule has 0 radical (unpaired) electrons. The number of aryl methyl sites for hydroxylation is 2. The Balaban J connectivity index is 1.31. The minimum Gasteiger partial charge on any atom is -0.349 e. The summed E-state index contributed by atoms with van der Waals surface area (Å²) in [6.07, 6.45) is 6.92. The summed E-state index contributed by atoms with van der Waals surface area (Å²) in [5, 5.41) is 3.60. The standard InChI is InChI=1S/C27H28ClN5O2/c1-17-22(14-20(28)15-30-17)26(34)31-21-11-9-19(10-12-21)16-32-24-6-3-4-7-25(24)33(27(32)35)23-8-5-13-29-18(23)2/h3-8,13-15,19,21H,9-12,16H2,1-2H3,(H,31,34)/t19-,21-. The molecule has 1 aromatic carbocycles. The van der Waals surface area contributed by atoms with E-state index >= 15 is 0 Å². The number of pyridine rings is 2. The molecule has 0 bridgehead atoms. The lowest BCUT2D eigenvalue weighted by Crippen LogP contribution is -2.39. The van der Waals surface area contributed by atoms with Crippen LogP contribution < -0.4 is 11.0 Å². The molecule has 4 aromatic rings. The molecule has 1 N–H and O–H groups in total. The smallest absolute Gasteiger partial charge is 0.333 e. The Kier molecular flexibility index (Phi) is 6.43. The lowest BCUT2D eigenvalue weighted by atomic mass is 9.85. The summed E-state index contributed by atoms with van der Waals surface area (Å²) in [6.45, 7) is 4.39. The van der Waals surface area contributed by atoms with Gasteiger partial charge in [-0.05, 0) is 75.8 Å². The van der Waals surface area contributed by atoms with Crippen LogP contribution in [0.4, 0.5) is 0 Å². The van der Waals surface area contributed by atoms with E-state index in [0.717, 1.165) is 48.1 Å². The highest BCUT2D eigenvalue weighted by Crippen LogP contribution is 2.28. The molecular weight excluding hydrogens is 462 g/mol. The van der Waals surface area contributed by atoms with Gasteiger partial charge in [-0.25, -0.2) is 4.79 Å². The minimum atomic E-state index is -0.132. The van der Waals surface area contributed by atoms with Gasteiger partial charge >= 0.3 is 5.69 Å². The summed E-state index contributed by atoms with van der Waals surface area (Å²) in [5.74, 6) is 0.233. The number of fused-ring (bicyclic) bond motifs is 1. The Morgan fingerprint density at radius 3 is 2.51 bits per heavy atom. The molecule has 1 aliphatic rings. The Bertz CT molecular complexity index is 1450. The number of hydrogen-bond donors (Lipinski definition) is 1. The van der Waals surface area contributed by atoms with Crippen molar-refractivity contribution in [1.82, 2.24) is 24.4 Å². The molecule has 3 aromatic heterocycles. The number of halogens is 1. The zero-order valence-corrected chi connectivity index (χ0v) is 20.6. The zero-order chi connectivity index (χ0) is 24.5. The van der Waals surface area contributed by atoms with Crippen LogP contribution in [0.2, 0.25) is 5.02 Å². The number of carbonyl (C=O) groups is 1. The molecule has 8 heteroatoms. The van der Waals surface area contributed by atoms with Gasteiger partial charge in [0, 0.05) is 25.0 Å². The van der Waals surface area contributed by atoms with E-state index in [1.54, 1.807) is 23.0 Å². The fourth-order valence-electron chi connectivity index (χ4n) is 5.08. The number of para-hydroxylation sites is 2. The van der Waals surface area contributed by atoms with Crippen molar-refractivity contribution < 1.29 is 4.79 Å². The van der Waals surface area contributed by atoms with Crippen LogP contribution in [-0.4, -0.2) is 31.1 Å². The highest BCUT2D eigenvalue weighted by molar-refractivity contribution is 6.30. The molecule has 3 heterocycles. The Labute approximate surface area is 208 Å². The van der Waals surface area contributed by atoms with Crippen LogP contribution in [-0.2, 0) is 6.54 Å². The average molecular weight is 490 g/mol. The minimum absolute atomic E-state index is 0.0401.